The molecule has 0 aromatic rings. The van der Waals surface area contributed by atoms with Crippen molar-refractivity contribution >= 4 is 0 Å². The van der Waals surface area contributed by atoms with Crippen LogP contribution < -0.4 is 0 Å². The molecule has 1 aliphatic rings. The average Bonchev–Trinajstić information content (AvgIpc) is 2.09. The predicted octanol–water partition coefficient (Wildman–Crippen LogP) is 2.68. The Morgan fingerprint density at radius 2 is 1.92 bits per heavy atom. The lowest BCUT2D eigenvalue weighted by Gasteiger charge is -2.25. The van der Waals surface area contributed by atoms with Gasteiger partial charge in [-0.2, -0.15) is 0 Å². The summed E-state index contributed by atoms with van der Waals surface area (Å²) in [5.74, 6) is 0.297. The molecule has 1 fully saturated rings. The summed E-state index contributed by atoms with van der Waals surface area (Å²) in [5.41, 5.74) is 0. The summed E-state index contributed by atoms with van der Waals surface area (Å²) < 4.78 is 13.2. The SMILES string of the molecule is OCCCCC1CCCCC1F. The minimum Gasteiger partial charge on any atom is -0.396 e. The molecule has 0 radical (unpaired) electrons. The number of aliphatic hydroxyl groups excluding tert-OH is 1. The molecule has 0 aliphatic heterocycles. The van der Waals surface area contributed by atoms with Gasteiger partial charge < -0.3 is 5.11 Å². The zero-order chi connectivity index (χ0) is 8.81. The van der Waals surface area contributed by atoms with Crippen LogP contribution in [0.3, 0.4) is 0 Å². The van der Waals surface area contributed by atoms with E-state index in [2.05, 4.69) is 0 Å². The number of alkyl halides is 1. The van der Waals surface area contributed by atoms with Crippen LogP contribution in [0.2, 0.25) is 0 Å². The van der Waals surface area contributed by atoms with Crippen LogP contribution in [0, 0.1) is 5.92 Å². The van der Waals surface area contributed by atoms with Crippen LogP contribution in [0.1, 0.15) is 44.9 Å². The second-order valence-electron chi connectivity index (χ2n) is 3.78. The Hall–Kier alpha value is -0.110. The van der Waals surface area contributed by atoms with Gasteiger partial charge in [-0.25, -0.2) is 4.39 Å². The Morgan fingerprint density at radius 3 is 2.58 bits per heavy atom. The van der Waals surface area contributed by atoms with Crippen molar-refractivity contribution < 1.29 is 9.50 Å². The van der Waals surface area contributed by atoms with E-state index in [4.69, 9.17) is 5.11 Å². The maximum absolute atomic E-state index is 13.2. The van der Waals surface area contributed by atoms with E-state index in [1.807, 2.05) is 0 Å². The van der Waals surface area contributed by atoms with Gasteiger partial charge >= 0.3 is 0 Å². The van der Waals surface area contributed by atoms with Gasteiger partial charge in [0.1, 0.15) is 6.17 Å². The molecule has 0 aromatic heterocycles. The summed E-state index contributed by atoms with van der Waals surface area (Å²) in [5, 5.41) is 8.57. The lowest BCUT2D eigenvalue weighted by molar-refractivity contribution is 0.152. The number of aliphatic hydroxyl groups is 1. The highest BCUT2D eigenvalue weighted by Crippen LogP contribution is 2.30. The summed E-state index contributed by atoms with van der Waals surface area (Å²) >= 11 is 0. The predicted molar refractivity (Wildman–Crippen MR) is 47.8 cm³/mol. The van der Waals surface area contributed by atoms with Crippen LogP contribution in [0.5, 0.6) is 0 Å². The normalized spacial score (nSPS) is 30.5. The van der Waals surface area contributed by atoms with Crippen LogP contribution in [-0.4, -0.2) is 17.9 Å². The van der Waals surface area contributed by atoms with E-state index < -0.39 is 6.17 Å². The Bertz CT molecular complexity index is 116. The van der Waals surface area contributed by atoms with Gasteiger partial charge in [-0.15, -0.1) is 0 Å². The smallest absolute Gasteiger partial charge is 0.103 e. The van der Waals surface area contributed by atoms with Gasteiger partial charge in [0.25, 0.3) is 0 Å². The highest BCUT2D eigenvalue weighted by Gasteiger charge is 2.23. The lowest BCUT2D eigenvalue weighted by atomic mass is 9.84. The quantitative estimate of drug-likeness (QED) is 0.650. The van der Waals surface area contributed by atoms with E-state index in [0.717, 1.165) is 38.5 Å². The summed E-state index contributed by atoms with van der Waals surface area (Å²) in [7, 11) is 0. The molecule has 0 bridgehead atoms. The van der Waals surface area contributed by atoms with E-state index >= 15 is 0 Å². The van der Waals surface area contributed by atoms with Gasteiger partial charge in [-0.3, -0.25) is 0 Å². The first-order valence-electron chi connectivity index (χ1n) is 5.09. The van der Waals surface area contributed by atoms with E-state index in [0.29, 0.717) is 5.92 Å². The Morgan fingerprint density at radius 1 is 1.17 bits per heavy atom. The standard InChI is InChI=1S/C10H19FO/c11-10-7-2-1-5-9(10)6-3-4-8-12/h9-10,12H,1-8H2. The maximum Gasteiger partial charge on any atom is 0.103 e. The molecule has 12 heavy (non-hydrogen) atoms. The van der Waals surface area contributed by atoms with Crippen LogP contribution in [0.15, 0.2) is 0 Å². The Balaban J connectivity index is 2.11. The maximum atomic E-state index is 13.2. The number of halogens is 1. The van der Waals surface area contributed by atoms with E-state index in [1.54, 1.807) is 0 Å². The lowest BCUT2D eigenvalue weighted by Crippen LogP contribution is -2.20. The van der Waals surface area contributed by atoms with E-state index in [1.165, 1.54) is 6.42 Å². The molecule has 72 valence electrons. The van der Waals surface area contributed by atoms with Gasteiger partial charge in [0, 0.05) is 6.61 Å². The first-order chi connectivity index (χ1) is 5.84. The molecule has 2 atom stereocenters. The van der Waals surface area contributed by atoms with Crippen molar-refractivity contribution in [1.29, 1.82) is 0 Å². The molecular weight excluding hydrogens is 155 g/mol. The molecule has 1 saturated carbocycles. The molecule has 0 aromatic carbocycles. The third kappa shape index (κ3) is 3.10. The number of hydrogen-bond donors (Lipinski definition) is 1. The third-order valence-corrected chi connectivity index (χ3v) is 2.80. The van der Waals surface area contributed by atoms with Crippen molar-refractivity contribution in [2.45, 2.75) is 51.1 Å². The van der Waals surface area contributed by atoms with E-state index in [-0.39, 0.29) is 6.61 Å². The van der Waals surface area contributed by atoms with Gasteiger partial charge in [-0.05, 0) is 31.6 Å². The molecule has 0 saturated heterocycles. The summed E-state index contributed by atoms with van der Waals surface area (Å²) in [6.45, 7) is 0.254. The number of hydrogen-bond acceptors (Lipinski definition) is 1. The molecule has 0 spiro atoms. The summed E-state index contributed by atoms with van der Waals surface area (Å²) in [6.07, 6.45) is 6.34. The van der Waals surface area contributed by atoms with Gasteiger partial charge in [-0.1, -0.05) is 19.3 Å². The van der Waals surface area contributed by atoms with Crippen LogP contribution in [0.4, 0.5) is 4.39 Å². The zero-order valence-corrected chi connectivity index (χ0v) is 7.64. The molecule has 2 unspecified atom stereocenters. The summed E-state index contributed by atoms with van der Waals surface area (Å²) in [4.78, 5) is 0. The molecule has 1 N–H and O–H groups in total. The fourth-order valence-electron chi connectivity index (χ4n) is 2.01. The largest absolute Gasteiger partial charge is 0.396 e. The van der Waals surface area contributed by atoms with Gasteiger partial charge in [0.05, 0.1) is 0 Å². The first-order valence-corrected chi connectivity index (χ1v) is 5.09. The third-order valence-electron chi connectivity index (χ3n) is 2.80. The Kier molecular flexibility index (Phi) is 4.59. The fourth-order valence-corrected chi connectivity index (χ4v) is 2.01. The van der Waals surface area contributed by atoms with Crippen molar-refractivity contribution in [3.05, 3.63) is 0 Å². The molecule has 0 amide bonds. The van der Waals surface area contributed by atoms with Gasteiger partial charge in [0.15, 0.2) is 0 Å². The summed E-state index contributed by atoms with van der Waals surface area (Å²) in [6, 6.07) is 0. The average molecular weight is 174 g/mol. The topological polar surface area (TPSA) is 20.2 Å². The molecular formula is C10H19FO. The van der Waals surface area contributed by atoms with Crippen molar-refractivity contribution in [2.75, 3.05) is 6.61 Å². The fraction of sp³-hybridized carbons (Fsp3) is 1.00. The van der Waals surface area contributed by atoms with E-state index in [9.17, 15) is 4.39 Å². The van der Waals surface area contributed by atoms with Crippen molar-refractivity contribution in [2.24, 2.45) is 5.92 Å². The molecule has 1 nitrogen and oxygen atoms in total. The second-order valence-corrected chi connectivity index (χ2v) is 3.78. The van der Waals surface area contributed by atoms with Crippen molar-refractivity contribution in [3.8, 4) is 0 Å². The molecule has 2 heteroatoms. The highest BCUT2D eigenvalue weighted by molar-refractivity contribution is 4.74. The number of rotatable bonds is 4. The molecule has 1 aliphatic carbocycles. The highest BCUT2D eigenvalue weighted by atomic mass is 19.1. The second kappa shape index (κ2) is 5.52. The van der Waals surface area contributed by atoms with Crippen LogP contribution >= 0.6 is 0 Å². The minimum atomic E-state index is -0.558. The zero-order valence-electron chi connectivity index (χ0n) is 7.64. The van der Waals surface area contributed by atoms with Crippen LogP contribution in [-0.2, 0) is 0 Å². The monoisotopic (exact) mass is 174 g/mol. The van der Waals surface area contributed by atoms with Gasteiger partial charge in [0.2, 0.25) is 0 Å². The minimum absolute atomic E-state index is 0.254. The molecule has 0 heterocycles. The van der Waals surface area contributed by atoms with Crippen molar-refractivity contribution in [1.82, 2.24) is 0 Å². The van der Waals surface area contributed by atoms with Crippen LogP contribution in [0.25, 0.3) is 0 Å². The molecule has 1 rings (SSSR count). The Labute approximate surface area is 74.0 Å². The number of unbranched alkanes of at least 4 members (excludes halogenated alkanes) is 1. The van der Waals surface area contributed by atoms with Crippen molar-refractivity contribution in [3.63, 3.8) is 0 Å². The first kappa shape index (κ1) is 9.97.